The number of aromatic nitrogens is 2. The van der Waals surface area contributed by atoms with Gasteiger partial charge in [-0.25, -0.2) is 0 Å². The molecule has 2 unspecified atom stereocenters. The second-order valence-corrected chi connectivity index (χ2v) is 6.73. The summed E-state index contributed by atoms with van der Waals surface area (Å²) in [6.45, 7) is 6.43. The number of aryl methyl sites for hydroxylation is 1. The molecule has 1 aliphatic rings. The van der Waals surface area contributed by atoms with E-state index in [-0.39, 0.29) is 6.04 Å². The molecule has 0 amide bonds. The fourth-order valence-corrected chi connectivity index (χ4v) is 3.47. The van der Waals surface area contributed by atoms with Crippen LogP contribution in [0.2, 0.25) is 0 Å². The molecule has 5 heteroatoms. The van der Waals surface area contributed by atoms with Crippen LogP contribution in [0.25, 0.3) is 11.4 Å². The minimum atomic E-state index is 0.187. The summed E-state index contributed by atoms with van der Waals surface area (Å²) in [5.74, 6) is 1.41. The first-order valence-electron chi connectivity index (χ1n) is 7.35. The molecule has 0 saturated carbocycles. The smallest absolute Gasteiger partial charge is 0.244 e. The van der Waals surface area contributed by atoms with Gasteiger partial charge >= 0.3 is 0 Å². The summed E-state index contributed by atoms with van der Waals surface area (Å²) in [4.78, 5) is 7.04. The molecule has 0 radical (unpaired) electrons. The van der Waals surface area contributed by atoms with Gasteiger partial charge < -0.3 is 4.52 Å². The van der Waals surface area contributed by atoms with Gasteiger partial charge in [0.15, 0.2) is 0 Å². The maximum absolute atomic E-state index is 5.51. The van der Waals surface area contributed by atoms with Crippen molar-refractivity contribution in [3.63, 3.8) is 0 Å². The zero-order valence-electron chi connectivity index (χ0n) is 12.7. The molecule has 0 aliphatic carbocycles. The summed E-state index contributed by atoms with van der Waals surface area (Å²) >= 11 is 1.94. The molecule has 0 N–H and O–H groups in total. The molecule has 1 aromatic heterocycles. The molecule has 2 heterocycles. The third-order valence-corrected chi connectivity index (χ3v) is 5.29. The molecule has 0 bridgehead atoms. The Labute approximate surface area is 129 Å². The lowest BCUT2D eigenvalue weighted by molar-refractivity contribution is 0.210. The van der Waals surface area contributed by atoms with E-state index in [0.29, 0.717) is 5.82 Å². The van der Waals surface area contributed by atoms with Gasteiger partial charge in [-0.2, -0.15) is 16.7 Å². The van der Waals surface area contributed by atoms with E-state index in [2.05, 4.69) is 41.2 Å². The van der Waals surface area contributed by atoms with Crippen LogP contribution in [0, 0.1) is 6.92 Å². The van der Waals surface area contributed by atoms with Gasteiger partial charge in [-0.05, 0) is 32.1 Å². The molecule has 112 valence electrons. The summed E-state index contributed by atoms with van der Waals surface area (Å²) in [6.07, 6.45) is 3.42. The van der Waals surface area contributed by atoms with Crippen LogP contribution in [0.15, 0.2) is 28.8 Å². The van der Waals surface area contributed by atoms with E-state index < -0.39 is 0 Å². The Bertz CT molecular complexity index is 613. The zero-order chi connectivity index (χ0) is 14.8. The predicted octanol–water partition coefficient (Wildman–Crippen LogP) is 3.54. The van der Waals surface area contributed by atoms with Crippen molar-refractivity contribution in [2.45, 2.75) is 31.6 Å². The van der Waals surface area contributed by atoms with Crippen molar-refractivity contribution in [2.24, 2.45) is 0 Å². The molecule has 1 saturated heterocycles. The summed E-state index contributed by atoms with van der Waals surface area (Å²) < 4.78 is 5.51. The number of hydrogen-bond donors (Lipinski definition) is 0. The van der Waals surface area contributed by atoms with Crippen molar-refractivity contribution in [2.75, 3.05) is 19.3 Å². The minimum absolute atomic E-state index is 0.187. The summed E-state index contributed by atoms with van der Waals surface area (Å²) in [5.41, 5.74) is 2.21. The largest absolute Gasteiger partial charge is 0.337 e. The topological polar surface area (TPSA) is 42.2 Å². The molecular formula is C16H21N3OS. The lowest BCUT2D eigenvalue weighted by Gasteiger charge is -2.20. The van der Waals surface area contributed by atoms with Crippen LogP contribution in [-0.4, -0.2) is 39.6 Å². The van der Waals surface area contributed by atoms with Gasteiger partial charge in [0.25, 0.3) is 0 Å². The van der Waals surface area contributed by atoms with Crippen LogP contribution in [-0.2, 0) is 0 Å². The maximum atomic E-state index is 5.51. The lowest BCUT2D eigenvalue weighted by atomic mass is 10.1. The van der Waals surface area contributed by atoms with E-state index in [4.69, 9.17) is 4.52 Å². The standard InChI is InChI=1S/C16H21N3OS/c1-11-6-4-5-7-14(11)15-17-16(20-18-15)12(2)19-9-8-13(10-19)21-3/h4-7,12-13H,8-10H2,1-3H3. The highest BCUT2D eigenvalue weighted by atomic mass is 32.2. The third-order valence-electron chi connectivity index (χ3n) is 4.24. The zero-order valence-corrected chi connectivity index (χ0v) is 13.6. The average molecular weight is 303 g/mol. The monoisotopic (exact) mass is 303 g/mol. The molecule has 1 aromatic carbocycles. The van der Waals surface area contributed by atoms with E-state index in [1.54, 1.807) is 0 Å². The maximum Gasteiger partial charge on any atom is 0.244 e. The van der Waals surface area contributed by atoms with Crippen molar-refractivity contribution in [3.8, 4) is 11.4 Å². The highest BCUT2D eigenvalue weighted by Crippen LogP contribution is 2.29. The molecule has 2 aromatic rings. The van der Waals surface area contributed by atoms with Crippen molar-refractivity contribution >= 4 is 11.8 Å². The second-order valence-electron chi connectivity index (χ2n) is 5.59. The Morgan fingerprint density at radius 1 is 1.38 bits per heavy atom. The normalized spacial score (nSPS) is 20.8. The first-order valence-corrected chi connectivity index (χ1v) is 8.64. The predicted molar refractivity (Wildman–Crippen MR) is 86.4 cm³/mol. The van der Waals surface area contributed by atoms with Crippen LogP contribution in [0.4, 0.5) is 0 Å². The highest BCUT2D eigenvalue weighted by Gasteiger charge is 2.29. The number of nitrogens with zero attached hydrogens (tertiary/aromatic N) is 3. The third kappa shape index (κ3) is 2.99. The molecule has 2 atom stereocenters. The number of rotatable bonds is 4. The van der Waals surface area contributed by atoms with Crippen LogP contribution in [0.1, 0.15) is 30.8 Å². The van der Waals surface area contributed by atoms with Gasteiger partial charge in [-0.15, -0.1) is 0 Å². The quantitative estimate of drug-likeness (QED) is 0.864. The van der Waals surface area contributed by atoms with Gasteiger partial charge in [0.2, 0.25) is 11.7 Å². The molecule has 3 rings (SSSR count). The fraction of sp³-hybridized carbons (Fsp3) is 0.500. The first kappa shape index (κ1) is 14.6. The molecule has 21 heavy (non-hydrogen) atoms. The SMILES string of the molecule is CSC1CCN(C(C)c2nc(-c3ccccc3C)no2)C1. The average Bonchev–Trinajstić information content (AvgIpc) is 3.16. The van der Waals surface area contributed by atoms with Crippen molar-refractivity contribution in [3.05, 3.63) is 35.7 Å². The van der Waals surface area contributed by atoms with E-state index in [0.717, 1.165) is 29.8 Å². The second kappa shape index (κ2) is 6.20. The summed E-state index contributed by atoms with van der Waals surface area (Å²) in [6, 6.07) is 8.32. The van der Waals surface area contributed by atoms with Gasteiger partial charge in [0, 0.05) is 23.9 Å². The van der Waals surface area contributed by atoms with Gasteiger partial charge in [0.05, 0.1) is 6.04 Å². The van der Waals surface area contributed by atoms with Gasteiger partial charge in [0.1, 0.15) is 0 Å². The Balaban J connectivity index is 1.77. The molecule has 0 spiro atoms. The van der Waals surface area contributed by atoms with Crippen molar-refractivity contribution in [1.82, 2.24) is 15.0 Å². The summed E-state index contributed by atoms with van der Waals surface area (Å²) in [5, 5.41) is 4.89. The number of thioether (sulfide) groups is 1. The van der Waals surface area contributed by atoms with E-state index in [9.17, 15) is 0 Å². The number of likely N-dealkylation sites (tertiary alicyclic amines) is 1. The number of benzene rings is 1. The van der Waals surface area contributed by atoms with Gasteiger partial charge in [-0.3, -0.25) is 4.90 Å². The van der Waals surface area contributed by atoms with Gasteiger partial charge in [-0.1, -0.05) is 29.4 Å². The Morgan fingerprint density at radius 3 is 2.90 bits per heavy atom. The van der Waals surface area contributed by atoms with Crippen molar-refractivity contribution < 1.29 is 4.52 Å². The van der Waals surface area contributed by atoms with E-state index in [1.807, 2.05) is 30.0 Å². The van der Waals surface area contributed by atoms with Crippen LogP contribution >= 0.6 is 11.8 Å². The molecule has 1 aliphatic heterocycles. The lowest BCUT2D eigenvalue weighted by Crippen LogP contribution is -2.25. The first-order chi connectivity index (χ1) is 10.2. The van der Waals surface area contributed by atoms with Crippen molar-refractivity contribution in [1.29, 1.82) is 0 Å². The van der Waals surface area contributed by atoms with Crippen LogP contribution in [0.5, 0.6) is 0 Å². The minimum Gasteiger partial charge on any atom is -0.337 e. The Kier molecular flexibility index (Phi) is 4.31. The summed E-state index contributed by atoms with van der Waals surface area (Å²) in [7, 11) is 0. The fourth-order valence-electron chi connectivity index (χ4n) is 2.79. The molecule has 4 nitrogen and oxygen atoms in total. The van der Waals surface area contributed by atoms with E-state index in [1.165, 1.54) is 12.0 Å². The molecule has 1 fully saturated rings. The van der Waals surface area contributed by atoms with Crippen LogP contribution < -0.4 is 0 Å². The Hall–Kier alpha value is -1.33. The highest BCUT2D eigenvalue weighted by molar-refractivity contribution is 7.99. The van der Waals surface area contributed by atoms with E-state index >= 15 is 0 Å². The number of hydrogen-bond acceptors (Lipinski definition) is 5. The van der Waals surface area contributed by atoms with Crippen LogP contribution in [0.3, 0.4) is 0 Å². The Morgan fingerprint density at radius 2 is 2.19 bits per heavy atom. The molecular weight excluding hydrogens is 282 g/mol.